The van der Waals surface area contributed by atoms with Crippen LogP contribution in [-0.4, -0.2) is 24.5 Å². The Labute approximate surface area is 114 Å². The largest absolute Gasteiger partial charge is 0.497 e. The van der Waals surface area contributed by atoms with Gasteiger partial charge in [0.1, 0.15) is 5.75 Å². The lowest BCUT2D eigenvalue weighted by Gasteiger charge is -2.51. The number of nitrogens with zero attached hydrogens (tertiary/aromatic N) is 1. The first-order valence-corrected chi connectivity index (χ1v) is 7.16. The van der Waals surface area contributed by atoms with Crippen LogP contribution in [0.4, 0.5) is 0 Å². The Balaban J connectivity index is 1.61. The number of β-lactam (4-membered cyclic amide) rings is 1. The van der Waals surface area contributed by atoms with Crippen molar-refractivity contribution in [1.29, 1.82) is 0 Å². The van der Waals surface area contributed by atoms with Gasteiger partial charge >= 0.3 is 0 Å². The molecule has 0 N–H and O–H groups in total. The third-order valence-corrected chi connectivity index (χ3v) is 4.58. The zero-order chi connectivity index (χ0) is 13.3. The summed E-state index contributed by atoms with van der Waals surface area (Å²) in [6.07, 6.45) is 5.95. The molecule has 1 aliphatic carbocycles. The van der Waals surface area contributed by atoms with E-state index in [4.69, 9.17) is 4.74 Å². The highest BCUT2D eigenvalue weighted by Crippen LogP contribution is 2.45. The van der Waals surface area contributed by atoms with E-state index in [1.165, 1.54) is 24.8 Å². The quantitative estimate of drug-likeness (QED) is 0.781. The van der Waals surface area contributed by atoms with Crippen molar-refractivity contribution >= 4 is 5.91 Å². The molecule has 3 nitrogen and oxygen atoms in total. The lowest BCUT2D eigenvalue weighted by molar-refractivity contribution is -0.164. The molecule has 2 aliphatic rings. The van der Waals surface area contributed by atoms with Crippen molar-refractivity contribution in [3.05, 3.63) is 29.8 Å². The topological polar surface area (TPSA) is 29.5 Å². The minimum Gasteiger partial charge on any atom is -0.497 e. The van der Waals surface area contributed by atoms with Crippen LogP contribution >= 0.6 is 0 Å². The summed E-state index contributed by atoms with van der Waals surface area (Å²) in [7, 11) is 1.67. The Morgan fingerprint density at radius 3 is 2.42 bits per heavy atom. The van der Waals surface area contributed by atoms with Gasteiger partial charge in [-0.1, -0.05) is 31.4 Å². The van der Waals surface area contributed by atoms with Crippen LogP contribution in [-0.2, 0) is 11.3 Å². The van der Waals surface area contributed by atoms with E-state index >= 15 is 0 Å². The zero-order valence-corrected chi connectivity index (χ0v) is 11.5. The lowest BCUT2D eigenvalue weighted by atomic mass is 9.68. The molecule has 0 unspecified atom stereocenters. The minimum atomic E-state index is 0.0186. The number of methoxy groups -OCH3 is 1. The molecule has 0 aromatic heterocycles. The maximum absolute atomic E-state index is 12.4. The standard InChI is InChI=1S/C16H21NO2/c1-19-14-7-5-13(6-8-14)11-17-12-16(15(17)18)9-3-2-4-10-16/h5-8H,2-4,9-12H2,1H3. The van der Waals surface area contributed by atoms with Gasteiger partial charge in [0.25, 0.3) is 0 Å². The summed E-state index contributed by atoms with van der Waals surface area (Å²) in [6.45, 7) is 1.70. The Hall–Kier alpha value is -1.51. The first-order valence-electron chi connectivity index (χ1n) is 7.16. The molecule has 3 heteroatoms. The van der Waals surface area contributed by atoms with E-state index in [0.717, 1.165) is 31.7 Å². The van der Waals surface area contributed by atoms with Crippen LogP contribution in [0.5, 0.6) is 5.75 Å². The minimum absolute atomic E-state index is 0.0186. The Kier molecular flexibility index (Phi) is 3.21. The van der Waals surface area contributed by atoms with Crippen molar-refractivity contribution in [1.82, 2.24) is 4.90 Å². The number of benzene rings is 1. The van der Waals surface area contributed by atoms with Crippen LogP contribution < -0.4 is 4.74 Å². The molecular formula is C16H21NO2. The van der Waals surface area contributed by atoms with Gasteiger partial charge in [0.2, 0.25) is 5.91 Å². The van der Waals surface area contributed by atoms with Gasteiger partial charge in [0, 0.05) is 13.1 Å². The fraction of sp³-hybridized carbons (Fsp3) is 0.562. The van der Waals surface area contributed by atoms with Gasteiger partial charge in [-0.05, 0) is 30.5 Å². The number of amides is 1. The summed E-state index contributed by atoms with van der Waals surface area (Å²) >= 11 is 0. The summed E-state index contributed by atoms with van der Waals surface area (Å²) in [5.74, 6) is 1.24. The van der Waals surface area contributed by atoms with Crippen LogP contribution in [0.1, 0.15) is 37.7 Å². The third kappa shape index (κ3) is 2.22. The molecule has 1 heterocycles. The fourth-order valence-electron chi connectivity index (χ4n) is 3.43. The molecule has 0 atom stereocenters. The highest BCUT2D eigenvalue weighted by atomic mass is 16.5. The maximum Gasteiger partial charge on any atom is 0.230 e. The van der Waals surface area contributed by atoms with E-state index in [0.29, 0.717) is 5.91 Å². The predicted octanol–water partition coefficient (Wildman–Crippen LogP) is 2.99. The number of ether oxygens (including phenoxy) is 1. The number of carbonyl (C=O) groups excluding carboxylic acids is 1. The lowest BCUT2D eigenvalue weighted by Crippen LogP contribution is -2.61. The number of likely N-dealkylation sites (tertiary alicyclic amines) is 1. The molecule has 0 bridgehead atoms. The van der Waals surface area contributed by atoms with Crippen molar-refractivity contribution in [3.8, 4) is 5.75 Å². The summed E-state index contributed by atoms with van der Waals surface area (Å²) in [5, 5.41) is 0. The van der Waals surface area contributed by atoms with E-state index < -0.39 is 0 Å². The molecule has 3 rings (SSSR count). The van der Waals surface area contributed by atoms with Crippen LogP contribution in [0.3, 0.4) is 0 Å². The highest BCUT2D eigenvalue weighted by molar-refractivity contribution is 5.88. The first-order chi connectivity index (χ1) is 9.23. The number of hydrogen-bond acceptors (Lipinski definition) is 2. The first kappa shape index (κ1) is 12.5. The van der Waals surface area contributed by atoms with Gasteiger partial charge in [-0.3, -0.25) is 4.79 Å². The van der Waals surface area contributed by atoms with Crippen LogP contribution in [0.2, 0.25) is 0 Å². The van der Waals surface area contributed by atoms with E-state index in [1.807, 2.05) is 29.2 Å². The van der Waals surface area contributed by atoms with E-state index in [9.17, 15) is 4.79 Å². The molecule has 1 saturated heterocycles. The average Bonchev–Trinajstić information content (AvgIpc) is 2.48. The monoisotopic (exact) mass is 259 g/mol. The molecule has 19 heavy (non-hydrogen) atoms. The molecule has 102 valence electrons. The summed E-state index contributed by atoms with van der Waals surface area (Å²) in [4.78, 5) is 14.4. The molecule has 1 aromatic carbocycles. The molecule has 1 saturated carbocycles. The summed E-state index contributed by atoms with van der Waals surface area (Å²) in [5.41, 5.74) is 1.20. The van der Waals surface area contributed by atoms with Gasteiger partial charge in [0.15, 0.2) is 0 Å². The summed E-state index contributed by atoms with van der Waals surface area (Å²) < 4.78 is 5.15. The van der Waals surface area contributed by atoms with Crippen molar-refractivity contribution < 1.29 is 9.53 Å². The predicted molar refractivity (Wildman–Crippen MR) is 73.9 cm³/mol. The SMILES string of the molecule is COc1ccc(CN2CC3(CCCCC3)C2=O)cc1. The summed E-state index contributed by atoms with van der Waals surface area (Å²) in [6, 6.07) is 7.99. The molecule has 0 radical (unpaired) electrons. The fourth-order valence-corrected chi connectivity index (χ4v) is 3.43. The second kappa shape index (κ2) is 4.87. The Morgan fingerprint density at radius 2 is 1.84 bits per heavy atom. The Morgan fingerprint density at radius 1 is 1.16 bits per heavy atom. The van der Waals surface area contributed by atoms with Crippen LogP contribution in [0.25, 0.3) is 0 Å². The zero-order valence-electron chi connectivity index (χ0n) is 11.5. The van der Waals surface area contributed by atoms with Crippen molar-refractivity contribution in [2.45, 2.75) is 38.6 Å². The molecule has 1 amide bonds. The molecule has 1 aromatic rings. The van der Waals surface area contributed by atoms with Gasteiger partial charge in [0.05, 0.1) is 12.5 Å². The van der Waals surface area contributed by atoms with E-state index in [1.54, 1.807) is 7.11 Å². The normalized spacial score (nSPS) is 21.3. The van der Waals surface area contributed by atoms with Gasteiger partial charge < -0.3 is 9.64 Å². The smallest absolute Gasteiger partial charge is 0.230 e. The second-order valence-corrected chi connectivity index (χ2v) is 5.85. The second-order valence-electron chi connectivity index (χ2n) is 5.85. The molecular weight excluding hydrogens is 238 g/mol. The molecule has 1 spiro atoms. The van der Waals surface area contributed by atoms with E-state index in [-0.39, 0.29) is 5.41 Å². The average molecular weight is 259 g/mol. The van der Waals surface area contributed by atoms with Gasteiger partial charge in [-0.25, -0.2) is 0 Å². The van der Waals surface area contributed by atoms with Gasteiger partial charge in [-0.15, -0.1) is 0 Å². The van der Waals surface area contributed by atoms with Crippen molar-refractivity contribution in [2.75, 3.05) is 13.7 Å². The molecule has 2 fully saturated rings. The van der Waals surface area contributed by atoms with Crippen molar-refractivity contribution in [2.24, 2.45) is 5.41 Å². The maximum atomic E-state index is 12.4. The number of hydrogen-bond donors (Lipinski definition) is 0. The van der Waals surface area contributed by atoms with Crippen molar-refractivity contribution in [3.63, 3.8) is 0 Å². The molecule has 1 aliphatic heterocycles. The third-order valence-electron chi connectivity index (χ3n) is 4.58. The van der Waals surface area contributed by atoms with Crippen LogP contribution in [0, 0.1) is 5.41 Å². The van der Waals surface area contributed by atoms with Crippen LogP contribution in [0.15, 0.2) is 24.3 Å². The Bertz CT molecular complexity index is 460. The number of carbonyl (C=O) groups is 1. The number of rotatable bonds is 3. The van der Waals surface area contributed by atoms with E-state index in [2.05, 4.69) is 0 Å². The highest BCUT2D eigenvalue weighted by Gasteiger charge is 2.51. The van der Waals surface area contributed by atoms with Gasteiger partial charge in [-0.2, -0.15) is 0 Å².